The fraction of sp³-hybridized carbons (Fsp3) is 0.105. The molecule has 7 nitrogen and oxygen atoms in total. The highest BCUT2D eigenvalue weighted by atomic mass is 32.2. The Hall–Kier alpha value is -3.26. The average Bonchev–Trinajstić information content (AvgIpc) is 3.07. The molecule has 0 bridgehead atoms. The molecular formula is C19H15N3O4S. The predicted molar refractivity (Wildman–Crippen MR) is 101 cm³/mol. The van der Waals surface area contributed by atoms with Gasteiger partial charge in [0.1, 0.15) is 11.3 Å². The van der Waals surface area contributed by atoms with Gasteiger partial charge in [-0.1, -0.05) is 0 Å². The highest BCUT2D eigenvalue weighted by molar-refractivity contribution is 7.90. The smallest absolute Gasteiger partial charge is 0.250 e. The molecule has 4 heterocycles. The fourth-order valence-electron chi connectivity index (χ4n) is 2.82. The van der Waals surface area contributed by atoms with Crippen LogP contribution in [-0.4, -0.2) is 29.2 Å². The van der Waals surface area contributed by atoms with Crippen LogP contribution in [0.2, 0.25) is 0 Å². The monoisotopic (exact) mass is 381 g/mol. The Morgan fingerprint density at radius 3 is 2.63 bits per heavy atom. The summed E-state index contributed by atoms with van der Waals surface area (Å²) in [5.74, 6) is 0.563. The van der Waals surface area contributed by atoms with Crippen molar-refractivity contribution in [2.45, 2.75) is 4.90 Å². The van der Waals surface area contributed by atoms with Crippen LogP contribution in [0.25, 0.3) is 33.6 Å². The maximum Gasteiger partial charge on any atom is 0.250 e. The van der Waals surface area contributed by atoms with E-state index in [4.69, 9.17) is 4.42 Å². The highest BCUT2D eigenvalue weighted by Crippen LogP contribution is 2.33. The van der Waals surface area contributed by atoms with E-state index in [-0.39, 0.29) is 10.5 Å². The van der Waals surface area contributed by atoms with Gasteiger partial charge in [0.25, 0.3) is 0 Å². The Balaban J connectivity index is 1.90. The average molecular weight is 381 g/mol. The first-order valence-electron chi connectivity index (χ1n) is 8.04. The molecule has 0 aliphatic rings. The summed E-state index contributed by atoms with van der Waals surface area (Å²) in [6, 6.07) is 8.25. The number of aryl methyl sites for hydroxylation is 1. The third kappa shape index (κ3) is 3.15. The summed E-state index contributed by atoms with van der Waals surface area (Å²) >= 11 is 0. The molecular weight excluding hydrogens is 366 g/mol. The van der Waals surface area contributed by atoms with Gasteiger partial charge in [-0.15, -0.1) is 0 Å². The molecule has 0 spiro atoms. The van der Waals surface area contributed by atoms with E-state index in [2.05, 4.69) is 9.97 Å². The summed E-state index contributed by atoms with van der Waals surface area (Å²) < 4.78 is 31.1. The van der Waals surface area contributed by atoms with Crippen molar-refractivity contribution in [1.29, 1.82) is 0 Å². The summed E-state index contributed by atoms with van der Waals surface area (Å²) in [5, 5.41) is 0. The van der Waals surface area contributed by atoms with E-state index >= 15 is 0 Å². The first-order valence-corrected chi connectivity index (χ1v) is 9.93. The quantitative estimate of drug-likeness (QED) is 0.541. The van der Waals surface area contributed by atoms with Gasteiger partial charge in [0.2, 0.25) is 5.56 Å². The third-order valence-electron chi connectivity index (χ3n) is 4.23. The lowest BCUT2D eigenvalue weighted by atomic mass is 10.1. The third-order valence-corrected chi connectivity index (χ3v) is 5.31. The summed E-state index contributed by atoms with van der Waals surface area (Å²) in [7, 11) is -1.71. The lowest BCUT2D eigenvalue weighted by Gasteiger charge is -2.04. The zero-order valence-electron chi connectivity index (χ0n) is 14.6. The van der Waals surface area contributed by atoms with Gasteiger partial charge in [-0.3, -0.25) is 14.8 Å². The number of hydrogen-bond acceptors (Lipinski definition) is 6. The van der Waals surface area contributed by atoms with Gasteiger partial charge in [-0.05, 0) is 18.2 Å². The van der Waals surface area contributed by atoms with Gasteiger partial charge >= 0.3 is 0 Å². The van der Waals surface area contributed by atoms with E-state index in [9.17, 15) is 13.2 Å². The molecule has 0 aliphatic carbocycles. The van der Waals surface area contributed by atoms with Gasteiger partial charge in [-0.25, -0.2) is 8.42 Å². The van der Waals surface area contributed by atoms with Crippen molar-refractivity contribution in [3.8, 4) is 22.5 Å². The van der Waals surface area contributed by atoms with Crippen LogP contribution >= 0.6 is 0 Å². The molecule has 0 N–H and O–H groups in total. The number of sulfone groups is 1. The van der Waals surface area contributed by atoms with E-state index in [0.717, 1.165) is 11.8 Å². The van der Waals surface area contributed by atoms with Crippen LogP contribution in [0.5, 0.6) is 0 Å². The molecule has 0 aliphatic heterocycles. The second kappa shape index (κ2) is 6.17. The lowest BCUT2D eigenvalue weighted by molar-refractivity contribution is 0.601. The van der Waals surface area contributed by atoms with Crippen LogP contribution in [-0.2, 0) is 16.9 Å². The molecule has 4 rings (SSSR count). The van der Waals surface area contributed by atoms with E-state index < -0.39 is 9.84 Å². The van der Waals surface area contributed by atoms with Crippen molar-refractivity contribution in [2.75, 3.05) is 6.26 Å². The molecule has 0 fully saturated rings. The Labute approximate surface area is 154 Å². The largest absolute Gasteiger partial charge is 0.454 e. The first-order chi connectivity index (χ1) is 12.8. The van der Waals surface area contributed by atoms with Crippen LogP contribution in [0.4, 0.5) is 0 Å². The van der Waals surface area contributed by atoms with Crippen molar-refractivity contribution in [2.24, 2.45) is 7.05 Å². The second-order valence-corrected chi connectivity index (χ2v) is 8.25. The van der Waals surface area contributed by atoms with Crippen molar-refractivity contribution in [1.82, 2.24) is 14.5 Å². The molecule has 0 unspecified atom stereocenters. The summed E-state index contributed by atoms with van der Waals surface area (Å²) in [4.78, 5) is 20.1. The molecule has 0 saturated heterocycles. The van der Waals surface area contributed by atoms with Gasteiger partial charge in [0, 0.05) is 66.9 Å². The molecule has 0 amide bonds. The van der Waals surface area contributed by atoms with Crippen LogP contribution in [0.15, 0.2) is 69.2 Å². The van der Waals surface area contributed by atoms with Crippen LogP contribution < -0.4 is 5.56 Å². The topological polar surface area (TPSA) is 95.1 Å². The number of hydrogen-bond donors (Lipinski definition) is 0. The maximum absolute atomic E-state index is 11.8. The van der Waals surface area contributed by atoms with Crippen LogP contribution in [0, 0.1) is 0 Å². The number of aromatic nitrogens is 3. The Kier molecular flexibility index (Phi) is 3.92. The van der Waals surface area contributed by atoms with Crippen molar-refractivity contribution >= 4 is 20.9 Å². The fourth-order valence-corrected chi connectivity index (χ4v) is 3.41. The lowest BCUT2D eigenvalue weighted by Crippen LogP contribution is -2.13. The van der Waals surface area contributed by atoms with Crippen molar-refractivity contribution in [3.05, 3.63) is 65.5 Å². The highest BCUT2D eigenvalue weighted by Gasteiger charge is 2.15. The first kappa shape index (κ1) is 17.2. The number of furan rings is 1. The summed E-state index contributed by atoms with van der Waals surface area (Å²) in [5.41, 5.74) is 3.08. The normalized spacial score (nSPS) is 11.8. The molecule has 8 heteroatoms. The molecule has 0 aromatic carbocycles. The number of pyridine rings is 3. The minimum Gasteiger partial charge on any atom is -0.454 e. The molecule has 0 radical (unpaired) electrons. The van der Waals surface area contributed by atoms with Crippen LogP contribution in [0.1, 0.15) is 0 Å². The standard InChI is InChI=1S/C19H15N3O4S/c1-22-11-12(3-4-18(22)23)17-8-16-19(26-17)15(5-6-21-16)13-7-14(10-20-9-13)27(2,24)25/h3-11H,1-2H3. The van der Waals surface area contributed by atoms with E-state index in [1.807, 2.05) is 0 Å². The van der Waals surface area contributed by atoms with Crippen molar-refractivity contribution < 1.29 is 12.8 Å². The molecule has 4 aromatic rings. The zero-order valence-corrected chi connectivity index (χ0v) is 15.4. The van der Waals surface area contributed by atoms with Gasteiger partial charge in [0.15, 0.2) is 15.4 Å². The molecule has 136 valence electrons. The van der Waals surface area contributed by atoms with E-state index in [1.54, 1.807) is 49.9 Å². The number of rotatable bonds is 3. The summed E-state index contributed by atoms with van der Waals surface area (Å²) in [6.07, 6.45) is 7.35. The Bertz CT molecular complexity index is 1340. The summed E-state index contributed by atoms with van der Waals surface area (Å²) in [6.45, 7) is 0. The molecule has 4 aromatic heterocycles. The maximum atomic E-state index is 11.8. The minimum absolute atomic E-state index is 0.114. The van der Waals surface area contributed by atoms with E-state index in [1.165, 1.54) is 16.8 Å². The second-order valence-electron chi connectivity index (χ2n) is 6.23. The Morgan fingerprint density at radius 2 is 1.89 bits per heavy atom. The van der Waals surface area contributed by atoms with Crippen LogP contribution in [0.3, 0.4) is 0 Å². The zero-order chi connectivity index (χ0) is 19.2. The molecule has 0 saturated carbocycles. The van der Waals surface area contributed by atoms with Gasteiger partial charge in [-0.2, -0.15) is 0 Å². The van der Waals surface area contributed by atoms with E-state index in [0.29, 0.717) is 28.0 Å². The number of fused-ring (bicyclic) bond motifs is 1. The Morgan fingerprint density at radius 1 is 1.07 bits per heavy atom. The van der Waals surface area contributed by atoms with Gasteiger partial charge < -0.3 is 8.98 Å². The molecule has 0 atom stereocenters. The number of nitrogens with zero attached hydrogens (tertiary/aromatic N) is 3. The predicted octanol–water partition coefficient (Wildman–Crippen LogP) is 2.66. The van der Waals surface area contributed by atoms with Gasteiger partial charge in [0.05, 0.1) is 4.90 Å². The molecule has 27 heavy (non-hydrogen) atoms. The minimum atomic E-state index is -3.37. The SMILES string of the molecule is Cn1cc(-c2cc3nccc(-c4cncc(S(C)(=O)=O)c4)c3o2)ccc1=O. The van der Waals surface area contributed by atoms with Crippen molar-refractivity contribution in [3.63, 3.8) is 0 Å².